The Hall–Kier alpha value is -7.43. The summed E-state index contributed by atoms with van der Waals surface area (Å²) in [6, 6.07) is 69.2. The molecular formula is C51H33N3O. The number of nitrogens with zero attached hydrogens (tertiary/aromatic N) is 3. The molecule has 10 rings (SSSR count). The number of benzene rings is 8. The summed E-state index contributed by atoms with van der Waals surface area (Å²) in [5.74, 6) is 1.80. The highest BCUT2D eigenvalue weighted by Gasteiger charge is 2.24. The molecule has 55 heavy (non-hydrogen) atoms. The van der Waals surface area contributed by atoms with E-state index in [9.17, 15) is 0 Å². The van der Waals surface area contributed by atoms with E-state index >= 15 is 0 Å². The molecule has 0 radical (unpaired) electrons. The van der Waals surface area contributed by atoms with Crippen LogP contribution < -0.4 is 0 Å². The van der Waals surface area contributed by atoms with Crippen LogP contribution in [0.4, 0.5) is 0 Å². The fraction of sp³-hybridized carbons (Fsp3) is 0. The average molecular weight is 704 g/mol. The maximum Gasteiger partial charge on any atom is 0.164 e. The van der Waals surface area contributed by atoms with Crippen molar-refractivity contribution in [3.63, 3.8) is 0 Å². The van der Waals surface area contributed by atoms with E-state index in [1.165, 1.54) is 0 Å². The Morgan fingerprint density at radius 3 is 1.27 bits per heavy atom. The van der Waals surface area contributed by atoms with Crippen molar-refractivity contribution in [2.24, 2.45) is 0 Å². The van der Waals surface area contributed by atoms with Gasteiger partial charge in [0.05, 0.1) is 0 Å². The molecule has 0 atom stereocenters. The van der Waals surface area contributed by atoms with E-state index in [0.29, 0.717) is 17.5 Å². The lowest BCUT2D eigenvalue weighted by molar-refractivity contribution is 0.671. The molecule has 0 aliphatic heterocycles. The quantitative estimate of drug-likeness (QED) is 0.166. The third-order valence-electron chi connectivity index (χ3n) is 10.2. The van der Waals surface area contributed by atoms with Crippen LogP contribution in [0.25, 0.3) is 101 Å². The van der Waals surface area contributed by atoms with Crippen molar-refractivity contribution in [2.45, 2.75) is 0 Å². The second-order valence-corrected chi connectivity index (χ2v) is 13.5. The van der Waals surface area contributed by atoms with Gasteiger partial charge < -0.3 is 4.42 Å². The first-order valence-electron chi connectivity index (χ1n) is 18.4. The van der Waals surface area contributed by atoms with E-state index in [1.807, 2.05) is 66.7 Å². The lowest BCUT2D eigenvalue weighted by Crippen LogP contribution is -2.00. The van der Waals surface area contributed by atoms with Crippen molar-refractivity contribution in [3.8, 4) is 78.7 Å². The minimum atomic E-state index is 0.578. The summed E-state index contributed by atoms with van der Waals surface area (Å²) in [7, 11) is 0. The summed E-state index contributed by atoms with van der Waals surface area (Å²) in [5.41, 5.74) is 13.0. The maximum atomic E-state index is 7.23. The molecule has 0 saturated heterocycles. The normalized spacial score (nSPS) is 11.3. The first-order chi connectivity index (χ1) is 27.3. The fourth-order valence-corrected chi connectivity index (χ4v) is 7.53. The summed E-state index contributed by atoms with van der Waals surface area (Å²) in [5, 5.41) is 1.95. The molecule has 2 aromatic heterocycles. The Bertz CT molecular complexity index is 2890. The summed E-state index contributed by atoms with van der Waals surface area (Å²) in [6.07, 6.45) is 0. The average Bonchev–Trinajstić information content (AvgIpc) is 3.67. The zero-order chi connectivity index (χ0) is 36.6. The monoisotopic (exact) mass is 703 g/mol. The summed E-state index contributed by atoms with van der Waals surface area (Å²) < 4.78 is 7.23. The number of rotatable bonds is 7. The van der Waals surface area contributed by atoms with Crippen LogP contribution in [0.3, 0.4) is 0 Å². The fourth-order valence-electron chi connectivity index (χ4n) is 7.53. The SMILES string of the molecule is c1ccc(-c2cc(-c3ccccc3)c3oc4c(-c5ccccc5-c5ccccc5)ccc(-c5nc(-c6ccccc6)nc(-c6ccccc6)n5)c4c3c2)cc1. The standard InChI is InChI=1S/C51H33N3O/c1-6-18-34(19-7-1)39-32-44(36-22-10-3-11-23-36)47-45(33-39)46-43(31-30-42(48(46)55-47)41-29-17-16-28-40(41)35-20-8-2-9-21-35)51-53-49(37-24-12-4-13-25-37)52-50(54-51)38-26-14-5-15-27-38/h1-33H. The van der Waals surface area contributed by atoms with Crippen molar-refractivity contribution < 1.29 is 4.42 Å². The Labute approximate surface area is 319 Å². The van der Waals surface area contributed by atoms with Gasteiger partial charge in [-0.3, -0.25) is 0 Å². The van der Waals surface area contributed by atoms with Gasteiger partial charge in [0, 0.05) is 38.6 Å². The van der Waals surface area contributed by atoms with Gasteiger partial charge in [-0.15, -0.1) is 0 Å². The van der Waals surface area contributed by atoms with Crippen LogP contribution in [0.15, 0.2) is 205 Å². The molecule has 0 bridgehead atoms. The van der Waals surface area contributed by atoms with E-state index in [1.54, 1.807) is 0 Å². The molecule has 0 unspecified atom stereocenters. The van der Waals surface area contributed by atoms with Crippen LogP contribution in [0, 0.1) is 0 Å². The van der Waals surface area contributed by atoms with Gasteiger partial charge in [0.25, 0.3) is 0 Å². The molecule has 258 valence electrons. The molecule has 2 heterocycles. The zero-order valence-corrected chi connectivity index (χ0v) is 29.8. The third-order valence-corrected chi connectivity index (χ3v) is 10.2. The van der Waals surface area contributed by atoms with Crippen LogP contribution in [0.5, 0.6) is 0 Å². The molecule has 4 nitrogen and oxygen atoms in total. The molecule has 0 spiro atoms. The van der Waals surface area contributed by atoms with Gasteiger partial charge in [0.15, 0.2) is 17.5 Å². The van der Waals surface area contributed by atoms with Crippen LogP contribution in [0.1, 0.15) is 0 Å². The molecule has 0 aliphatic carbocycles. The first kappa shape index (κ1) is 32.2. The molecule has 0 N–H and O–H groups in total. The number of hydrogen-bond acceptors (Lipinski definition) is 4. The van der Waals surface area contributed by atoms with Crippen molar-refractivity contribution in [2.75, 3.05) is 0 Å². The largest absolute Gasteiger partial charge is 0.455 e. The predicted octanol–water partition coefficient (Wildman–Crippen LogP) is 13.4. The first-order valence-corrected chi connectivity index (χ1v) is 18.4. The molecule has 4 heteroatoms. The number of hydrogen-bond donors (Lipinski definition) is 0. The summed E-state index contributed by atoms with van der Waals surface area (Å²) in [6.45, 7) is 0. The maximum absolute atomic E-state index is 7.23. The Morgan fingerprint density at radius 2 is 0.709 bits per heavy atom. The lowest BCUT2D eigenvalue weighted by Gasteiger charge is -2.13. The van der Waals surface area contributed by atoms with E-state index in [-0.39, 0.29) is 0 Å². The second kappa shape index (κ2) is 13.8. The predicted molar refractivity (Wildman–Crippen MR) is 225 cm³/mol. The van der Waals surface area contributed by atoms with E-state index in [0.717, 1.165) is 83.1 Å². The van der Waals surface area contributed by atoms with Gasteiger partial charge in [-0.2, -0.15) is 0 Å². The van der Waals surface area contributed by atoms with Crippen molar-refractivity contribution in [3.05, 3.63) is 200 Å². The minimum absolute atomic E-state index is 0.578. The third kappa shape index (κ3) is 5.96. The topological polar surface area (TPSA) is 51.8 Å². The lowest BCUT2D eigenvalue weighted by atomic mass is 9.91. The van der Waals surface area contributed by atoms with Gasteiger partial charge in [0.1, 0.15) is 11.2 Å². The van der Waals surface area contributed by atoms with Gasteiger partial charge in [-0.1, -0.05) is 176 Å². The minimum Gasteiger partial charge on any atom is -0.455 e. The van der Waals surface area contributed by atoms with E-state index in [2.05, 4.69) is 133 Å². The number of furan rings is 1. The van der Waals surface area contributed by atoms with Crippen molar-refractivity contribution in [1.82, 2.24) is 15.0 Å². The molecule has 0 aliphatic rings. The Morgan fingerprint density at radius 1 is 0.273 bits per heavy atom. The van der Waals surface area contributed by atoms with Crippen molar-refractivity contribution in [1.29, 1.82) is 0 Å². The Balaban J connectivity index is 1.33. The highest BCUT2D eigenvalue weighted by Crippen LogP contribution is 2.47. The summed E-state index contributed by atoms with van der Waals surface area (Å²) >= 11 is 0. The molecule has 0 amide bonds. The van der Waals surface area contributed by atoms with Gasteiger partial charge in [0.2, 0.25) is 0 Å². The van der Waals surface area contributed by atoms with Crippen LogP contribution in [-0.2, 0) is 0 Å². The second-order valence-electron chi connectivity index (χ2n) is 13.5. The number of aromatic nitrogens is 3. The van der Waals surface area contributed by atoms with Crippen LogP contribution in [-0.4, -0.2) is 15.0 Å². The highest BCUT2D eigenvalue weighted by atomic mass is 16.3. The molecule has 0 saturated carbocycles. The molecular weight excluding hydrogens is 671 g/mol. The highest BCUT2D eigenvalue weighted by molar-refractivity contribution is 6.19. The van der Waals surface area contributed by atoms with Gasteiger partial charge in [-0.25, -0.2) is 15.0 Å². The van der Waals surface area contributed by atoms with Crippen LogP contribution in [0.2, 0.25) is 0 Å². The number of fused-ring (bicyclic) bond motifs is 3. The zero-order valence-electron chi connectivity index (χ0n) is 29.8. The van der Waals surface area contributed by atoms with Crippen molar-refractivity contribution >= 4 is 21.9 Å². The molecule has 10 aromatic rings. The molecule has 8 aromatic carbocycles. The van der Waals surface area contributed by atoms with Gasteiger partial charge >= 0.3 is 0 Å². The Kier molecular flexibility index (Phi) is 8.12. The van der Waals surface area contributed by atoms with Crippen LogP contribution >= 0.6 is 0 Å². The van der Waals surface area contributed by atoms with Gasteiger partial charge in [-0.05, 0) is 57.6 Å². The smallest absolute Gasteiger partial charge is 0.164 e. The summed E-state index contributed by atoms with van der Waals surface area (Å²) in [4.78, 5) is 15.4. The van der Waals surface area contributed by atoms with E-state index in [4.69, 9.17) is 19.4 Å². The van der Waals surface area contributed by atoms with E-state index < -0.39 is 0 Å². The molecule has 0 fully saturated rings.